The van der Waals surface area contributed by atoms with Gasteiger partial charge in [-0.15, -0.1) is 23.2 Å². The molecule has 0 aliphatic heterocycles. The summed E-state index contributed by atoms with van der Waals surface area (Å²) in [5.41, 5.74) is 7.67. The Bertz CT molecular complexity index is 875. The van der Waals surface area contributed by atoms with E-state index in [0.717, 1.165) is 37.4 Å². The van der Waals surface area contributed by atoms with Crippen molar-refractivity contribution in [1.82, 2.24) is 0 Å². The Morgan fingerprint density at radius 2 is 0.824 bits per heavy atom. The highest BCUT2D eigenvalue weighted by Gasteiger charge is 2.12. The van der Waals surface area contributed by atoms with Crippen LogP contribution in [-0.4, -0.2) is 11.8 Å². The molecule has 0 aromatic heterocycles. The lowest BCUT2D eigenvalue weighted by Crippen LogP contribution is -2.10. The van der Waals surface area contributed by atoms with E-state index in [1.165, 1.54) is 72.3 Å². The van der Waals surface area contributed by atoms with Crippen molar-refractivity contribution in [1.29, 1.82) is 0 Å². The van der Waals surface area contributed by atoms with Crippen LogP contribution in [0.15, 0.2) is 72.8 Å². The van der Waals surface area contributed by atoms with Gasteiger partial charge in [0.25, 0.3) is 0 Å². The third kappa shape index (κ3) is 8.67. The first-order valence-electron chi connectivity index (χ1n) is 12.9. The summed E-state index contributed by atoms with van der Waals surface area (Å²) in [4.78, 5) is 2.36. The van der Waals surface area contributed by atoms with Crippen molar-refractivity contribution in [3.8, 4) is 0 Å². The lowest BCUT2D eigenvalue weighted by Gasteiger charge is -2.26. The van der Waals surface area contributed by atoms with Gasteiger partial charge in [0.05, 0.1) is 0 Å². The van der Waals surface area contributed by atoms with Crippen LogP contribution < -0.4 is 4.90 Å². The van der Waals surface area contributed by atoms with E-state index in [1.807, 2.05) is 0 Å². The molecule has 3 rings (SSSR count). The molecule has 0 radical (unpaired) electrons. The summed E-state index contributed by atoms with van der Waals surface area (Å²) in [6.07, 6.45) is 11.9. The van der Waals surface area contributed by atoms with Crippen LogP contribution in [0.3, 0.4) is 0 Å². The smallest absolute Gasteiger partial charge is 0.0461 e. The third-order valence-corrected chi connectivity index (χ3v) is 6.91. The van der Waals surface area contributed by atoms with Crippen molar-refractivity contribution in [3.05, 3.63) is 89.5 Å². The number of halogens is 2. The van der Waals surface area contributed by atoms with Gasteiger partial charge in [-0.25, -0.2) is 0 Å². The Labute approximate surface area is 217 Å². The van der Waals surface area contributed by atoms with Crippen LogP contribution in [0.5, 0.6) is 0 Å². The zero-order valence-electron chi connectivity index (χ0n) is 20.6. The van der Waals surface area contributed by atoms with Gasteiger partial charge in [0, 0.05) is 28.8 Å². The second-order valence-electron chi connectivity index (χ2n) is 9.21. The fourth-order valence-electron chi connectivity index (χ4n) is 4.32. The molecule has 0 saturated carbocycles. The molecule has 3 aromatic carbocycles. The number of benzene rings is 3. The molecule has 0 atom stereocenters. The number of rotatable bonds is 15. The molecule has 0 N–H and O–H groups in total. The first-order chi connectivity index (χ1) is 16.7. The predicted octanol–water partition coefficient (Wildman–Crippen LogP) is 10.1. The van der Waals surface area contributed by atoms with Gasteiger partial charge in [-0.2, -0.15) is 0 Å². The van der Waals surface area contributed by atoms with E-state index in [-0.39, 0.29) is 0 Å². The highest BCUT2D eigenvalue weighted by atomic mass is 35.5. The second kappa shape index (κ2) is 15.1. The van der Waals surface area contributed by atoms with Crippen molar-refractivity contribution in [2.75, 3.05) is 16.7 Å². The third-order valence-electron chi connectivity index (χ3n) is 6.38. The highest BCUT2D eigenvalue weighted by Crippen LogP contribution is 2.35. The van der Waals surface area contributed by atoms with Crippen LogP contribution in [0.4, 0.5) is 17.1 Å². The lowest BCUT2D eigenvalue weighted by atomic mass is 10.0. The largest absolute Gasteiger partial charge is 0.311 e. The van der Waals surface area contributed by atoms with Crippen LogP contribution in [0.1, 0.15) is 68.1 Å². The van der Waals surface area contributed by atoms with E-state index in [2.05, 4.69) is 84.6 Å². The maximum Gasteiger partial charge on any atom is 0.0461 e. The fourth-order valence-corrected chi connectivity index (χ4v) is 4.70. The van der Waals surface area contributed by atoms with Gasteiger partial charge in [-0.05, 0) is 93.0 Å². The Morgan fingerprint density at radius 1 is 0.471 bits per heavy atom. The highest BCUT2D eigenvalue weighted by molar-refractivity contribution is 6.18. The van der Waals surface area contributed by atoms with Crippen LogP contribution in [0.25, 0.3) is 0 Å². The van der Waals surface area contributed by atoms with Gasteiger partial charge in [0.1, 0.15) is 0 Å². The number of anilines is 3. The number of nitrogens with zero attached hydrogens (tertiary/aromatic N) is 1. The van der Waals surface area contributed by atoms with E-state index in [9.17, 15) is 0 Å². The van der Waals surface area contributed by atoms with Crippen LogP contribution >= 0.6 is 23.2 Å². The van der Waals surface area contributed by atoms with Crippen molar-refractivity contribution >= 4 is 40.3 Å². The Morgan fingerprint density at radius 3 is 1.21 bits per heavy atom. The lowest BCUT2D eigenvalue weighted by molar-refractivity contribution is 0.669. The maximum atomic E-state index is 5.79. The summed E-state index contributed by atoms with van der Waals surface area (Å²) in [6.45, 7) is 2.14. The Kier molecular flexibility index (Phi) is 11.8. The minimum absolute atomic E-state index is 0.777. The summed E-state index contributed by atoms with van der Waals surface area (Å²) < 4.78 is 0. The van der Waals surface area contributed by atoms with Crippen molar-refractivity contribution in [3.63, 3.8) is 0 Å². The van der Waals surface area contributed by atoms with E-state index in [0.29, 0.717) is 0 Å². The van der Waals surface area contributed by atoms with E-state index in [1.54, 1.807) is 0 Å². The molecule has 0 unspecified atom stereocenters. The molecule has 182 valence electrons. The number of aryl methyl sites for hydroxylation is 3. The molecule has 34 heavy (non-hydrogen) atoms. The fraction of sp³-hybridized carbons (Fsp3) is 0.419. The molecule has 0 fully saturated rings. The molecule has 3 heteroatoms. The summed E-state index contributed by atoms with van der Waals surface area (Å²) in [6, 6.07) is 27.0. The van der Waals surface area contributed by atoms with Gasteiger partial charge in [0.15, 0.2) is 0 Å². The van der Waals surface area contributed by atoms with E-state index in [4.69, 9.17) is 23.2 Å². The average Bonchev–Trinajstić information content (AvgIpc) is 2.87. The van der Waals surface area contributed by atoms with E-state index >= 15 is 0 Å². The summed E-state index contributed by atoms with van der Waals surface area (Å²) >= 11 is 11.6. The van der Waals surface area contributed by atoms with Crippen molar-refractivity contribution in [2.45, 2.75) is 71.1 Å². The molecule has 0 heterocycles. The molecule has 0 aliphatic carbocycles. The molecular formula is C31H39Cl2N. The Balaban J connectivity index is 1.71. The molecule has 3 aromatic rings. The van der Waals surface area contributed by atoms with Gasteiger partial charge in [-0.1, -0.05) is 67.6 Å². The SMILES string of the molecule is Cc1ccc(N(c2ccc(CCCCCCCl)cc2)c2ccc(CCCCCCCl)cc2)cc1. The van der Waals surface area contributed by atoms with Gasteiger partial charge < -0.3 is 4.90 Å². The molecule has 0 saturated heterocycles. The van der Waals surface area contributed by atoms with Crippen molar-refractivity contribution < 1.29 is 0 Å². The normalized spacial score (nSPS) is 11.0. The molecule has 0 aliphatic rings. The number of alkyl halides is 2. The zero-order chi connectivity index (χ0) is 24.0. The second-order valence-corrected chi connectivity index (χ2v) is 9.97. The number of hydrogen-bond donors (Lipinski definition) is 0. The Hall–Kier alpha value is -1.96. The van der Waals surface area contributed by atoms with Crippen LogP contribution in [0, 0.1) is 6.92 Å². The van der Waals surface area contributed by atoms with Crippen LogP contribution in [0.2, 0.25) is 0 Å². The average molecular weight is 497 g/mol. The zero-order valence-corrected chi connectivity index (χ0v) is 22.1. The first-order valence-corrected chi connectivity index (χ1v) is 13.9. The monoisotopic (exact) mass is 495 g/mol. The molecule has 0 bridgehead atoms. The van der Waals surface area contributed by atoms with Gasteiger partial charge in [0.2, 0.25) is 0 Å². The molecule has 0 spiro atoms. The molecule has 0 amide bonds. The molecular weight excluding hydrogens is 457 g/mol. The maximum absolute atomic E-state index is 5.79. The summed E-state index contributed by atoms with van der Waals surface area (Å²) in [5, 5.41) is 0. The summed E-state index contributed by atoms with van der Waals surface area (Å²) in [7, 11) is 0. The topological polar surface area (TPSA) is 3.24 Å². The van der Waals surface area contributed by atoms with Gasteiger partial charge >= 0.3 is 0 Å². The van der Waals surface area contributed by atoms with Crippen LogP contribution in [-0.2, 0) is 12.8 Å². The first kappa shape index (κ1) is 26.6. The number of hydrogen-bond acceptors (Lipinski definition) is 1. The minimum atomic E-state index is 0.777. The van der Waals surface area contributed by atoms with Crippen molar-refractivity contribution in [2.24, 2.45) is 0 Å². The predicted molar refractivity (Wildman–Crippen MR) is 152 cm³/mol. The standard InChI is InChI=1S/C31H39Cl2N/c1-26-12-18-29(19-13-26)34(30-20-14-27(15-21-30)10-6-2-4-8-24-32)31-22-16-28(17-23-31)11-7-3-5-9-25-33/h12-23H,2-11,24-25H2,1H3. The summed E-state index contributed by atoms with van der Waals surface area (Å²) in [5.74, 6) is 1.55. The molecule has 1 nitrogen and oxygen atoms in total. The minimum Gasteiger partial charge on any atom is -0.311 e. The van der Waals surface area contributed by atoms with E-state index < -0.39 is 0 Å². The quantitative estimate of drug-likeness (QED) is 0.149. The van der Waals surface area contributed by atoms with Gasteiger partial charge in [-0.3, -0.25) is 0 Å². The number of unbranched alkanes of at least 4 members (excludes halogenated alkanes) is 6.